The van der Waals surface area contributed by atoms with E-state index in [4.69, 9.17) is 4.74 Å². The van der Waals surface area contributed by atoms with Gasteiger partial charge in [-0.15, -0.1) is 0 Å². The number of benzene rings is 1. The Balaban J connectivity index is 1.46. The van der Waals surface area contributed by atoms with Crippen LogP contribution in [0.2, 0.25) is 0 Å². The summed E-state index contributed by atoms with van der Waals surface area (Å²) in [5.74, 6) is -0.250. The highest BCUT2D eigenvalue weighted by Gasteiger charge is 2.20. The SMILES string of the molecule is Cc1cnc(NC2COC2)nc1-c1c[nH]c(C(=O)NCc2cc(F)ccc2CO)c1. The van der Waals surface area contributed by atoms with Crippen LogP contribution in [-0.2, 0) is 17.9 Å². The number of anilines is 1. The molecule has 0 aliphatic carbocycles. The molecule has 156 valence electrons. The average molecular weight is 411 g/mol. The molecule has 0 atom stereocenters. The van der Waals surface area contributed by atoms with E-state index in [1.807, 2.05) is 6.92 Å². The number of hydrogen-bond acceptors (Lipinski definition) is 6. The molecule has 3 aromatic rings. The topological polar surface area (TPSA) is 112 Å². The number of nitrogens with zero attached hydrogens (tertiary/aromatic N) is 2. The second kappa shape index (κ2) is 8.60. The first-order valence-corrected chi connectivity index (χ1v) is 9.56. The zero-order valence-electron chi connectivity index (χ0n) is 16.4. The first kappa shape index (κ1) is 20.0. The fourth-order valence-corrected chi connectivity index (χ4v) is 3.15. The fraction of sp³-hybridized carbons (Fsp3) is 0.286. The molecule has 8 nitrogen and oxygen atoms in total. The lowest BCUT2D eigenvalue weighted by atomic mass is 10.1. The number of nitrogens with one attached hydrogen (secondary N) is 3. The first-order chi connectivity index (χ1) is 14.5. The van der Waals surface area contributed by atoms with E-state index in [9.17, 15) is 14.3 Å². The lowest BCUT2D eigenvalue weighted by molar-refractivity contribution is 0.0208. The summed E-state index contributed by atoms with van der Waals surface area (Å²) >= 11 is 0. The van der Waals surface area contributed by atoms with Gasteiger partial charge in [-0.3, -0.25) is 4.79 Å². The van der Waals surface area contributed by atoms with Crippen molar-refractivity contribution in [1.82, 2.24) is 20.3 Å². The highest BCUT2D eigenvalue weighted by molar-refractivity contribution is 5.93. The third-order valence-corrected chi connectivity index (χ3v) is 4.92. The number of aliphatic hydroxyl groups excluding tert-OH is 1. The van der Waals surface area contributed by atoms with E-state index in [-0.39, 0.29) is 25.1 Å². The third kappa shape index (κ3) is 4.32. The molecular weight excluding hydrogens is 389 g/mol. The molecule has 1 saturated heterocycles. The highest BCUT2D eigenvalue weighted by atomic mass is 19.1. The van der Waals surface area contributed by atoms with Crippen LogP contribution in [0.4, 0.5) is 10.3 Å². The number of aromatic nitrogens is 3. The zero-order chi connectivity index (χ0) is 21.1. The molecule has 0 unspecified atom stereocenters. The van der Waals surface area contributed by atoms with Crippen molar-refractivity contribution < 1.29 is 19.0 Å². The predicted molar refractivity (Wildman–Crippen MR) is 108 cm³/mol. The number of hydrogen-bond donors (Lipinski definition) is 4. The quantitative estimate of drug-likeness (QED) is 0.474. The Hall–Kier alpha value is -3.30. The zero-order valence-corrected chi connectivity index (χ0v) is 16.4. The van der Waals surface area contributed by atoms with Crippen LogP contribution in [0.15, 0.2) is 36.7 Å². The van der Waals surface area contributed by atoms with Crippen molar-refractivity contribution >= 4 is 11.9 Å². The Morgan fingerprint density at radius 1 is 1.33 bits per heavy atom. The van der Waals surface area contributed by atoms with Gasteiger partial charge in [-0.05, 0) is 41.8 Å². The summed E-state index contributed by atoms with van der Waals surface area (Å²) in [7, 11) is 0. The molecule has 0 radical (unpaired) electrons. The molecule has 1 aliphatic heterocycles. The molecule has 3 heterocycles. The van der Waals surface area contributed by atoms with Crippen LogP contribution in [0.5, 0.6) is 0 Å². The van der Waals surface area contributed by atoms with Crippen molar-refractivity contribution in [3.63, 3.8) is 0 Å². The Labute approximate surface area is 172 Å². The fourth-order valence-electron chi connectivity index (χ4n) is 3.15. The summed E-state index contributed by atoms with van der Waals surface area (Å²) in [6.07, 6.45) is 3.44. The van der Waals surface area contributed by atoms with Crippen LogP contribution in [0.25, 0.3) is 11.3 Å². The van der Waals surface area contributed by atoms with Gasteiger partial charge in [0.1, 0.15) is 11.5 Å². The largest absolute Gasteiger partial charge is 0.392 e. The average Bonchev–Trinajstić information content (AvgIpc) is 3.20. The molecule has 9 heteroatoms. The van der Waals surface area contributed by atoms with Gasteiger partial charge in [0.05, 0.1) is 31.6 Å². The van der Waals surface area contributed by atoms with E-state index in [2.05, 4.69) is 25.6 Å². The number of halogens is 1. The Bertz CT molecular complexity index is 1060. The van der Waals surface area contributed by atoms with Crippen molar-refractivity contribution in [2.24, 2.45) is 0 Å². The maximum absolute atomic E-state index is 13.5. The Kier molecular flexibility index (Phi) is 5.73. The van der Waals surface area contributed by atoms with Gasteiger partial charge < -0.3 is 25.5 Å². The molecule has 1 amide bonds. The van der Waals surface area contributed by atoms with Gasteiger partial charge in [0.2, 0.25) is 5.95 Å². The Morgan fingerprint density at radius 3 is 2.90 bits per heavy atom. The Morgan fingerprint density at radius 2 is 2.17 bits per heavy atom. The smallest absolute Gasteiger partial charge is 0.267 e. The predicted octanol–water partition coefficient (Wildman–Crippen LogP) is 2.15. The first-order valence-electron chi connectivity index (χ1n) is 9.56. The molecule has 1 aromatic carbocycles. The van der Waals surface area contributed by atoms with E-state index in [1.54, 1.807) is 18.5 Å². The highest BCUT2D eigenvalue weighted by Crippen LogP contribution is 2.23. The summed E-state index contributed by atoms with van der Waals surface area (Å²) < 4.78 is 18.6. The van der Waals surface area contributed by atoms with Crippen molar-refractivity contribution in [3.05, 3.63) is 64.9 Å². The molecule has 0 saturated carbocycles. The standard InChI is InChI=1S/C21H22FN5O3/c1-12-6-25-21(26-17-10-30-11-17)27-19(12)15-5-18(23-8-15)20(29)24-7-14-4-16(22)3-2-13(14)9-28/h2-6,8,17,23,28H,7,9-11H2,1H3,(H,24,29)(H,25,26,27). The molecule has 4 rings (SSSR count). The van der Waals surface area contributed by atoms with Crippen LogP contribution < -0.4 is 10.6 Å². The van der Waals surface area contributed by atoms with E-state index < -0.39 is 5.82 Å². The number of H-pyrrole nitrogens is 1. The van der Waals surface area contributed by atoms with Gasteiger partial charge >= 0.3 is 0 Å². The second-order valence-electron chi connectivity index (χ2n) is 7.16. The van der Waals surface area contributed by atoms with Gasteiger partial charge in [0, 0.05) is 24.5 Å². The summed E-state index contributed by atoms with van der Waals surface area (Å²) in [5.41, 5.74) is 3.80. The number of carbonyl (C=O) groups is 1. The maximum Gasteiger partial charge on any atom is 0.267 e. The lowest BCUT2D eigenvalue weighted by Crippen LogP contribution is -2.40. The number of aryl methyl sites for hydroxylation is 1. The number of carbonyl (C=O) groups excluding carboxylic acids is 1. The van der Waals surface area contributed by atoms with Gasteiger partial charge in [-0.1, -0.05) is 6.07 Å². The van der Waals surface area contributed by atoms with Crippen molar-refractivity contribution in [2.75, 3.05) is 18.5 Å². The molecule has 4 N–H and O–H groups in total. The normalized spacial score (nSPS) is 13.7. The van der Waals surface area contributed by atoms with Crippen LogP contribution in [-0.4, -0.2) is 45.2 Å². The van der Waals surface area contributed by atoms with E-state index in [1.165, 1.54) is 18.2 Å². The minimum atomic E-state index is -0.421. The van der Waals surface area contributed by atoms with Gasteiger partial charge in [0.15, 0.2) is 0 Å². The summed E-state index contributed by atoms with van der Waals surface area (Å²) in [5, 5.41) is 15.3. The second-order valence-corrected chi connectivity index (χ2v) is 7.16. The number of rotatable bonds is 7. The van der Waals surface area contributed by atoms with Gasteiger partial charge in [-0.2, -0.15) is 0 Å². The van der Waals surface area contributed by atoms with Crippen LogP contribution in [0.3, 0.4) is 0 Å². The number of aliphatic hydroxyl groups is 1. The molecule has 1 fully saturated rings. The monoisotopic (exact) mass is 411 g/mol. The minimum absolute atomic E-state index is 0.102. The molecule has 0 spiro atoms. The molecule has 2 aromatic heterocycles. The van der Waals surface area contributed by atoms with Crippen molar-refractivity contribution in [3.8, 4) is 11.3 Å². The van der Waals surface area contributed by atoms with E-state index in [0.29, 0.717) is 36.0 Å². The number of amides is 1. The van der Waals surface area contributed by atoms with Crippen LogP contribution in [0.1, 0.15) is 27.2 Å². The lowest BCUT2D eigenvalue weighted by Gasteiger charge is -2.26. The molecule has 30 heavy (non-hydrogen) atoms. The minimum Gasteiger partial charge on any atom is -0.392 e. The van der Waals surface area contributed by atoms with Crippen molar-refractivity contribution in [1.29, 1.82) is 0 Å². The summed E-state index contributed by atoms with van der Waals surface area (Å²) in [6, 6.07) is 6.00. The number of ether oxygens (including phenoxy) is 1. The molecule has 0 bridgehead atoms. The third-order valence-electron chi connectivity index (χ3n) is 4.92. The van der Waals surface area contributed by atoms with E-state index in [0.717, 1.165) is 16.8 Å². The van der Waals surface area contributed by atoms with E-state index >= 15 is 0 Å². The number of aromatic amines is 1. The van der Waals surface area contributed by atoms with Gasteiger partial charge in [0.25, 0.3) is 5.91 Å². The van der Waals surface area contributed by atoms with Gasteiger partial charge in [-0.25, -0.2) is 14.4 Å². The summed E-state index contributed by atoms with van der Waals surface area (Å²) in [6.45, 7) is 3.03. The molecular formula is C21H22FN5O3. The van der Waals surface area contributed by atoms with Crippen molar-refractivity contribution in [2.45, 2.75) is 26.1 Å². The molecule has 1 aliphatic rings. The van der Waals surface area contributed by atoms with Crippen LogP contribution >= 0.6 is 0 Å². The van der Waals surface area contributed by atoms with Crippen LogP contribution in [0, 0.1) is 12.7 Å². The summed E-state index contributed by atoms with van der Waals surface area (Å²) in [4.78, 5) is 24.3. The maximum atomic E-state index is 13.5.